The Labute approximate surface area is 53.0 Å². The Morgan fingerprint density at radius 2 is 1.40 bits per heavy atom. The minimum absolute atomic E-state index is 3.26. The molecule has 2 nitrogen and oxygen atoms in total. The van der Waals surface area contributed by atoms with Gasteiger partial charge in [0.1, 0.15) is 0 Å². The standard InChI is InChI=1S/C3H5F5N2/c4-1(9)2(5,10)3(6,7)8/h1H,9-10H2. The highest BCUT2D eigenvalue weighted by Gasteiger charge is 2.58. The summed E-state index contributed by atoms with van der Waals surface area (Å²) in [4.78, 5) is 0. The largest absolute Gasteiger partial charge is 0.440 e. The molecule has 0 aliphatic carbocycles. The zero-order valence-corrected chi connectivity index (χ0v) is 4.62. The van der Waals surface area contributed by atoms with E-state index in [0.29, 0.717) is 0 Å². The average molecular weight is 164 g/mol. The smallest absolute Gasteiger partial charge is 0.297 e. The molecule has 0 saturated heterocycles. The average Bonchev–Trinajstić information content (AvgIpc) is 1.62. The first kappa shape index (κ1) is 9.57. The molecule has 10 heavy (non-hydrogen) atoms. The van der Waals surface area contributed by atoms with E-state index in [1.54, 1.807) is 0 Å². The minimum atomic E-state index is -5.47. The SMILES string of the molecule is NC(F)C(N)(F)C(F)(F)F. The van der Waals surface area contributed by atoms with Crippen molar-refractivity contribution in [1.29, 1.82) is 0 Å². The molecule has 0 aliphatic rings. The van der Waals surface area contributed by atoms with Gasteiger partial charge in [0.15, 0.2) is 0 Å². The second kappa shape index (κ2) is 2.31. The van der Waals surface area contributed by atoms with Crippen molar-refractivity contribution in [1.82, 2.24) is 0 Å². The van der Waals surface area contributed by atoms with E-state index in [1.807, 2.05) is 0 Å². The minimum Gasteiger partial charge on any atom is -0.297 e. The maximum atomic E-state index is 11.9. The van der Waals surface area contributed by atoms with Gasteiger partial charge in [0.05, 0.1) is 0 Å². The van der Waals surface area contributed by atoms with Gasteiger partial charge in [-0.2, -0.15) is 13.2 Å². The summed E-state index contributed by atoms with van der Waals surface area (Å²) in [6.45, 7) is 0. The molecule has 4 N–H and O–H groups in total. The molecule has 0 aromatic rings. The molecule has 0 aromatic carbocycles. The van der Waals surface area contributed by atoms with E-state index in [2.05, 4.69) is 11.5 Å². The normalized spacial score (nSPS) is 21.9. The number of hydrogen-bond donors (Lipinski definition) is 2. The van der Waals surface area contributed by atoms with E-state index in [9.17, 15) is 22.0 Å². The van der Waals surface area contributed by atoms with Crippen LogP contribution in [0.2, 0.25) is 0 Å². The molecule has 0 rings (SSSR count). The zero-order chi connectivity index (χ0) is 8.58. The first-order chi connectivity index (χ1) is 4.19. The molecule has 0 radical (unpaired) electrons. The number of rotatable bonds is 1. The van der Waals surface area contributed by atoms with E-state index < -0.39 is 18.3 Å². The Morgan fingerprint density at radius 1 is 1.10 bits per heavy atom. The summed E-state index contributed by atoms with van der Waals surface area (Å²) in [5.41, 5.74) is 7.81. The summed E-state index contributed by atoms with van der Waals surface area (Å²) in [6, 6.07) is 0. The van der Waals surface area contributed by atoms with Crippen molar-refractivity contribution in [2.75, 3.05) is 0 Å². The molecular weight excluding hydrogens is 159 g/mol. The van der Waals surface area contributed by atoms with Crippen molar-refractivity contribution in [3.63, 3.8) is 0 Å². The molecule has 62 valence electrons. The lowest BCUT2D eigenvalue weighted by molar-refractivity contribution is -0.247. The zero-order valence-electron chi connectivity index (χ0n) is 4.62. The maximum Gasteiger partial charge on any atom is 0.440 e. The lowest BCUT2D eigenvalue weighted by atomic mass is 10.2. The number of nitrogens with two attached hydrogens (primary N) is 2. The highest BCUT2D eigenvalue weighted by atomic mass is 19.4. The Kier molecular flexibility index (Phi) is 2.21. The van der Waals surface area contributed by atoms with Gasteiger partial charge in [-0.3, -0.25) is 11.5 Å². The number of hydrogen-bond acceptors (Lipinski definition) is 2. The summed E-state index contributed by atoms with van der Waals surface area (Å²) in [6.07, 6.45) is -8.73. The number of halogens is 5. The monoisotopic (exact) mass is 164 g/mol. The Hall–Kier alpha value is -0.430. The Morgan fingerprint density at radius 3 is 1.40 bits per heavy atom. The molecule has 2 atom stereocenters. The highest BCUT2D eigenvalue weighted by Crippen LogP contribution is 2.31. The molecule has 0 bridgehead atoms. The van der Waals surface area contributed by atoms with Gasteiger partial charge in [-0.05, 0) is 0 Å². The van der Waals surface area contributed by atoms with Crippen LogP contribution in [0.4, 0.5) is 22.0 Å². The van der Waals surface area contributed by atoms with Gasteiger partial charge in [0, 0.05) is 0 Å². The van der Waals surface area contributed by atoms with Crippen molar-refractivity contribution in [3.8, 4) is 0 Å². The number of alkyl halides is 5. The fourth-order valence-electron chi connectivity index (χ4n) is 0.156. The van der Waals surface area contributed by atoms with Crippen LogP contribution in [0.5, 0.6) is 0 Å². The van der Waals surface area contributed by atoms with E-state index >= 15 is 0 Å². The van der Waals surface area contributed by atoms with Crippen molar-refractivity contribution < 1.29 is 22.0 Å². The van der Waals surface area contributed by atoms with E-state index in [0.717, 1.165) is 0 Å². The summed E-state index contributed by atoms with van der Waals surface area (Å²) >= 11 is 0. The molecule has 0 saturated carbocycles. The van der Waals surface area contributed by atoms with Crippen molar-refractivity contribution in [2.45, 2.75) is 18.3 Å². The van der Waals surface area contributed by atoms with E-state index in [1.165, 1.54) is 0 Å². The quantitative estimate of drug-likeness (QED) is 0.436. The van der Waals surface area contributed by atoms with Crippen LogP contribution in [0.15, 0.2) is 0 Å². The van der Waals surface area contributed by atoms with Gasteiger partial charge < -0.3 is 0 Å². The summed E-state index contributed by atoms with van der Waals surface area (Å²) in [5.74, 6) is -4.45. The van der Waals surface area contributed by atoms with E-state index in [-0.39, 0.29) is 0 Å². The van der Waals surface area contributed by atoms with Crippen LogP contribution in [-0.4, -0.2) is 18.3 Å². The highest BCUT2D eigenvalue weighted by molar-refractivity contribution is 4.84. The van der Waals surface area contributed by atoms with Crippen LogP contribution in [0.1, 0.15) is 0 Å². The predicted octanol–water partition coefficient (Wildman–Crippen LogP) is 0.428. The molecule has 0 fully saturated rings. The van der Waals surface area contributed by atoms with Crippen LogP contribution in [0.3, 0.4) is 0 Å². The third-order valence-electron chi connectivity index (χ3n) is 0.836. The van der Waals surface area contributed by atoms with Crippen LogP contribution < -0.4 is 11.5 Å². The molecule has 0 heterocycles. The van der Waals surface area contributed by atoms with E-state index in [4.69, 9.17) is 0 Å². The fourth-order valence-corrected chi connectivity index (χ4v) is 0.156. The Bertz CT molecular complexity index is 117. The Balaban J connectivity index is 4.40. The van der Waals surface area contributed by atoms with Gasteiger partial charge in [-0.1, -0.05) is 0 Å². The van der Waals surface area contributed by atoms with Gasteiger partial charge in [-0.15, -0.1) is 0 Å². The fraction of sp³-hybridized carbons (Fsp3) is 1.00. The van der Waals surface area contributed by atoms with Crippen molar-refractivity contribution in [3.05, 3.63) is 0 Å². The van der Waals surface area contributed by atoms with Gasteiger partial charge in [0.2, 0.25) is 6.30 Å². The van der Waals surface area contributed by atoms with Crippen LogP contribution in [-0.2, 0) is 0 Å². The summed E-state index contributed by atoms with van der Waals surface area (Å²) in [7, 11) is 0. The second-order valence-electron chi connectivity index (χ2n) is 1.67. The third kappa shape index (κ3) is 1.54. The second-order valence-corrected chi connectivity index (χ2v) is 1.67. The molecule has 2 unspecified atom stereocenters. The summed E-state index contributed by atoms with van der Waals surface area (Å²) in [5, 5.41) is 0. The molecule has 0 aliphatic heterocycles. The third-order valence-corrected chi connectivity index (χ3v) is 0.836. The first-order valence-electron chi connectivity index (χ1n) is 2.13. The van der Waals surface area contributed by atoms with Gasteiger partial charge in [-0.25, -0.2) is 8.78 Å². The first-order valence-corrected chi connectivity index (χ1v) is 2.13. The lowest BCUT2D eigenvalue weighted by Gasteiger charge is -2.23. The predicted molar refractivity (Wildman–Crippen MR) is 23.2 cm³/mol. The molecular formula is C3H5F5N2. The maximum absolute atomic E-state index is 11.9. The van der Waals surface area contributed by atoms with Gasteiger partial charge >= 0.3 is 6.18 Å². The van der Waals surface area contributed by atoms with Crippen LogP contribution in [0.25, 0.3) is 0 Å². The molecule has 0 amide bonds. The van der Waals surface area contributed by atoms with Crippen LogP contribution >= 0.6 is 0 Å². The molecule has 0 aromatic heterocycles. The summed E-state index contributed by atoms with van der Waals surface area (Å²) < 4.78 is 57.2. The molecule has 0 spiro atoms. The lowest BCUT2D eigenvalue weighted by Crippen LogP contribution is -2.59. The van der Waals surface area contributed by atoms with Crippen molar-refractivity contribution in [2.24, 2.45) is 11.5 Å². The van der Waals surface area contributed by atoms with Gasteiger partial charge in [0.25, 0.3) is 5.79 Å². The van der Waals surface area contributed by atoms with Crippen LogP contribution in [0, 0.1) is 0 Å². The van der Waals surface area contributed by atoms with Crippen molar-refractivity contribution >= 4 is 0 Å². The molecule has 7 heteroatoms. The topological polar surface area (TPSA) is 52.0 Å².